The van der Waals surface area contributed by atoms with Crippen LogP contribution >= 0.6 is 0 Å². The molecular weight excluding hydrogens is 827 g/mol. The van der Waals surface area contributed by atoms with E-state index < -0.39 is 92.6 Å². The Morgan fingerprint density at radius 2 is 1.84 bits per heavy atom. The van der Waals surface area contributed by atoms with Gasteiger partial charge in [-0.25, -0.2) is 17.6 Å². The summed E-state index contributed by atoms with van der Waals surface area (Å²) in [6, 6.07) is 4.59. The Bertz CT molecular complexity index is 2200. The molecule has 3 N–H and O–H groups in total. The van der Waals surface area contributed by atoms with Crippen LogP contribution in [0.4, 0.5) is 22.4 Å². The van der Waals surface area contributed by atoms with E-state index in [4.69, 9.17) is 14.2 Å². The Balaban J connectivity index is 1.25. The Morgan fingerprint density at radius 1 is 1.11 bits per heavy atom. The number of alkyl carbamates (subject to hydrolysis) is 1. The molecule has 0 bridgehead atoms. The maximum absolute atomic E-state index is 15.0. The molecule has 4 heterocycles. The molecule has 4 amide bonds. The molecule has 2 saturated carbocycles. The smallest absolute Gasteiger partial charge is 0.427 e. The van der Waals surface area contributed by atoms with Gasteiger partial charge >= 0.3 is 12.3 Å². The lowest BCUT2D eigenvalue weighted by Gasteiger charge is -2.35. The van der Waals surface area contributed by atoms with Crippen LogP contribution in [0.5, 0.6) is 11.8 Å². The number of hydrogen-bond acceptors (Lipinski definition) is 10. The van der Waals surface area contributed by atoms with Crippen molar-refractivity contribution in [1.82, 2.24) is 25.2 Å². The fraction of sp³-hybridized carbons (Fsp3) is 0.643. The van der Waals surface area contributed by atoms with Crippen LogP contribution in [0.1, 0.15) is 91.0 Å². The van der Waals surface area contributed by atoms with Gasteiger partial charge in [0.05, 0.1) is 13.2 Å². The molecule has 7 atom stereocenters. The predicted octanol–water partition coefficient (Wildman–Crippen LogP) is 5.57. The Morgan fingerprint density at radius 3 is 2.51 bits per heavy atom. The number of fused-ring (bicyclic) bond motifs is 5. The molecule has 5 aliphatic rings. The highest BCUT2D eigenvalue weighted by Crippen LogP contribution is 2.48. The predicted molar refractivity (Wildman–Crippen MR) is 214 cm³/mol. The van der Waals surface area contributed by atoms with E-state index in [1.165, 1.54) is 4.90 Å². The minimum absolute atomic E-state index is 0.0172. The number of carbonyl (C=O) groups excluding carboxylic acids is 4. The number of nitrogens with zero attached hydrogens (tertiary/aromatic N) is 2. The first-order valence-corrected chi connectivity index (χ1v) is 22.4. The molecule has 3 fully saturated rings. The van der Waals surface area contributed by atoms with Crippen LogP contribution in [-0.4, -0.2) is 102 Å². The van der Waals surface area contributed by atoms with Gasteiger partial charge in [-0.15, -0.1) is 0 Å². The van der Waals surface area contributed by atoms with Crippen molar-refractivity contribution in [3.8, 4) is 11.8 Å². The van der Waals surface area contributed by atoms with Crippen molar-refractivity contribution in [1.29, 1.82) is 0 Å². The standard InChI is InChI=1S/C42H53F4N5O9S/c1-5-25-19-24(2)11-6-7-12-26-21-41(26,37(54)50-61(56,57)40(23-43)16-17-40)49-33(52)31-20-27(22-51(31)36(53)32(25)47-38(55)60-39(3,4)42(44,45)46)59-35-30-14-9-8-13-28(30)29-15-10-18-58-34(29)48-35/h7-9,12-14,24-27,31-32H,5-6,10-11,15-23H2,1-4H3,(H,47,55)(H,49,52)(H,50,54). The summed E-state index contributed by atoms with van der Waals surface area (Å²) in [5.41, 5.74) is -3.76. The molecule has 1 aromatic carbocycles. The Hall–Kier alpha value is -4.68. The summed E-state index contributed by atoms with van der Waals surface area (Å²) in [6.45, 7) is 4.12. The van der Waals surface area contributed by atoms with Gasteiger partial charge in [0.2, 0.25) is 39.2 Å². The van der Waals surface area contributed by atoms with Gasteiger partial charge in [-0.1, -0.05) is 50.6 Å². The number of aromatic nitrogens is 1. The van der Waals surface area contributed by atoms with Crippen molar-refractivity contribution < 1.29 is 59.4 Å². The quantitative estimate of drug-likeness (QED) is 0.213. The third kappa shape index (κ3) is 8.72. The molecule has 7 unspecified atom stereocenters. The molecule has 334 valence electrons. The summed E-state index contributed by atoms with van der Waals surface area (Å²) in [6.07, 6.45) is -0.556. The summed E-state index contributed by atoms with van der Waals surface area (Å²) in [5, 5.41) is 6.69. The third-order valence-corrected chi connectivity index (χ3v) is 15.1. The molecule has 0 radical (unpaired) electrons. The highest BCUT2D eigenvalue weighted by molar-refractivity contribution is 7.91. The maximum Gasteiger partial charge on any atom is 0.427 e. The van der Waals surface area contributed by atoms with Crippen LogP contribution in [-0.2, 0) is 35.6 Å². The molecule has 3 aliphatic heterocycles. The Labute approximate surface area is 351 Å². The number of pyridine rings is 1. The maximum atomic E-state index is 15.0. The van der Waals surface area contributed by atoms with Gasteiger partial charge in [0, 0.05) is 23.3 Å². The first-order chi connectivity index (χ1) is 28.7. The highest BCUT2D eigenvalue weighted by atomic mass is 32.2. The van der Waals surface area contributed by atoms with Crippen LogP contribution in [0.3, 0.4) is 0 Å². The number of benzene rings is 1. The van der Waals surface area contributed by atoms with Gasteiger partial charge in [-0.05, 0) is 88.5 Å². The summed E-state index contributed by atoms with van der Waals surface area (Å²) in [4.78, 5) is 62.8. The summed E-state index contributed by atoms with van der Waals surface area (Å²) >= 11 is 0. The number of amides is 4. The molecule has 14 nitrogen and oxygen atoms in total. The molecule has 0 spiro atoms. The van der Waals surface area contributed by atoms with Crippen LogP contribution < -0.4 is 24.8 Å². The molecule has 61 heavy (non-hydrogen) atoms. The van der Waals surface area contributed by atoms with E-state index in [1.807, 2.05) is 42.0 Å². The van der Waals surface area contributed by atoms with E-state index in [1.54, 1.807) is 13.0 Å². The van der Waals surface area contributed by atoms with Gasteiger partial charge in [0.15, 0.2) is 0 Å². The molecule has 2 aliphatic carbocycles. The summed E-state index contributed by atoms with van der Waals surface area (Å²) in [5.74, 6) is -3.42. The minimum Gasteiger partial charge on any atom is -0.477 e. The van der Waals surface area contributed by atoms with E-state index in [2.05, 4.69) is 15.6 Å². The highest BCUT2D eigenvalue weighted by Gasteiger charge is 2.64. The van der Waals surface area contributed by atoms with Crippen molar-refractivity contribution in [3.63, 3.8) is 0 Å². The number of alkyl halides is 4. The lowest BCUT2D eigenvalue weighted by Crippen LogP contribution is -2.60. The van der Waals surface area contributed by atoms with Crippen molar-refractivity contribution in [2.24, 2.45) is 17.8 Å². The van der Waals surface area contributed by atoms with E-state index in [0.717, 1.165) is 23.8 Å². The second kappa shape index (κ2) is 16.5. The van der Waals surface area contributed by atoms with Crippen LogP contribution in [0, 0.1) is 17.8 Å². The van der Waals surface area contributed by atoms with Gasteiger partial charge < -0.3 is 29.7 Å². The van der Waals surface area contributed by atoms with E-state index in [-0.39, 0.29) is 44.0 Å². The zero-order chi connectivity index (χ0) is 44.1. The van der Waals surface area contributed by atoms with E-state index in [0.29, 0.717) is 57.4 Å². The number of allylic oxidation sites excluding steroid dienone is 1. The van der Waals surface area contributed by atoms with Crippen LogP contribution in [0.25, 0.3) is 10.8 Å². The monoisotopic (exact) mass is 879 g/mol. The normalized spacial score (nSPS) is 29.1. The molecule has 1 saturated heterocycles. The van der Waals surface area contributed by atoms with E-state index in [9.17, 15) is 45.2 Å². The summed E-state index contributed by atoms with van der Waals surface area (Å²) in [7, 11) is -4.47. The molecule has 1 aromatic heterocycles. The number of ether oxygens (including phenoxy) is 3. The number of hydrogen-bond donors (Lipinski definition) is 3. The fourth-order valence-corrected chi connectivity index (χ4v) is 10.1. The fourth-order valence-electron chi connectivity index (χ4n) is 8.71. The van der Waals surface area contributed by atoms with Crippen molar-refractivity contribution in [3.05, 3.63) is 42.0 Å². The van der Waals surface area contributed by atoms with Gasteiger partial charge in [0.25, 0.3) is 5.91 Å². The van der Waals surface area contributed by atoms with Crippen molar-refractivity contribution >= 4 is 44.6 Å². The number of halogens is 4. The van der Waals surface area contributed by atoms with Crippen molar-refractivity contribution in [2.75, 3.05) is 19.8 Å². The number of carbonyl (C=O) groups is 4. The Kier molecular flexibility index (Phi) is 12.0. The number of aryl methyl sites for hydroxylation is 1. The zero-order valence-corrected chi connectivity index (χ0v) is 35.4. The minimum atomic E-state index is -4.93. The number of nitrogens with one attached hydrogen (secondary N) is 3. The number of rotatable bonds is 9. The van der Waals surface area contributed by atoms with Crippen LogP contribution in [0.15, 0.2) is 36.4 Å². The molecule has 2 aromatic rings. The second-order valence-electron chi connectivity index (χ2n) is 17.7. The van der Waals surface area contributed by atoms with Gasteiger partial charge in [-0.3, -0.25) is 19.1 Å². The third-order valence-electron chi connectivity index (χ3n) is 13.0. The lowest BCUT2D eigenvalue weighted by molar-refractivity contribution is -0.244. The first kappa shape index (κ1) is 44.4. The average Bonchev–Trinajstić information content (AvgIpc) is 4.11. The van der Waals surface area contributed by atoms with Crippen LogP contribution in [0.2, 0.25) is 0 Å². The largest absolute Gasteiger partial charge is 0.477 e. The molecular formula is C42H53F4N5O9S. The lowest BCUT2D eigenvalue weighted by atomic mass is 9.85. The van der Waals surface area contributed by atoms with Gasteiger partial charge in [0.1, 0.15) is 35.1 Å². The average molecular weight is 880 g/mol. The SMILES string of the molecule is CCC1CC(C)CCC=CC2CC2(C(=O)NS(=O)(=O)C2(CF)CC2)NC(=O)C2CC(Oc3nc4c(c5ccccc35)CCCO4)CN2C(=O)C1NC(=O)OC(C)(C)C(F)(F)F. The molecule has 7 rings (SSSR count). The first-order valence-electron chi connectivity index (χ1n) is 20.9. The van der Waals surface area contributed by atoms with Gasteiger partial charge in [-0.2, -0.15) is 18.2 Å². The zero-order valence-electron chi connectivity index (χ0n) is 34.6. The van der Waals surface area contributed by atoms with Crippen molar-refractivity contribution in [2.45, 2.75) is 132 Å². The molecule has 19 heteroatoms. The second-order valence-corrected chi connectivity index (χ2v) is 19.8. The summed E-state index contributed by atoms with van der Waals surface area (Å²) < 4.78 is 99.5. The van der Waals surface area contributed by atoms with E-state index >= 15 is 0 Å². The topological polar surface area (TPSA) is 182 Å². The number of sulfonamides is 1.